The molecule has 0 aliphatic heterocycles. The van der Waals surface area contributed by atoms with Crippen molar-refractivity contribution in [1.29, 1.82) is 0 Å². The first kappa shape index (κ1) is 17.7. The van der Waals surface area contributed by atoms with Gasteiger partial charge in [0.15, 0.2) is 5.65 Å². The van der Waals surface area contributed by atoms with E-state index >= 15 is 0 Å². The Morgan fingerprint density at radius 3 is 2.33 bits per heavy atom. The number of nitrogen functional groups attached to an aromatic ring is 1. The summed E-state index contributed by atoms with van der Waals surface area (Å²) in [5.74, 6) is 1.05. The number of hydrogen-bond acceptors (Lipinski definition) is 5. The van der Waals surface area contributed by atoms with Crippen LogP contribution >= 0.6 is 0 Å². The molecule has 0 bridgehead atoms. The number of benzene rings is 1. The van der Waals surface area contributed by atoms with E-state index in [0.29, 0.717) is 17.4 Å². The van der Waals surface area contributed by atoms with Gasteiger partial charge in [0.1, 0.15) is 12.1 Å². The summed E-state index contributed by atoms with van der Waals surface area (Å²) in [6.07, 6.45) is 9.11. The minimum absolute atomic E-state index is 0.506. The molecule has 0 saturated heterocycles. The SMILES string of the molecule is CN(C)c1ccc(-c2cc(C3CCCCCC3)c3c(N)ncnc3n2)cc1. The molecule has 0 unspecified atom stereocenters. The molecule has 2 aromatic heterocycles. The van der Waals surface area contributed by atoms with Gasteiger partial charge in [-0.25, -0.2) is 15.0 Å². The molecule has 1 aliphatic carbocycles. The van der Waals surface area contributed by atoms with Crippen molar-refractivity contribution < 1.29 is 0 Å². The highest BCUT2D eigenvalue weighted by atomic mass is 15.1. The van der Waals surface area contributed by atoms with Gasteiger partial charge in [-0.15, -0.1) is 0 Å². The van der Waals surface area contributed by atoms with Gasteiger partial charge >= 0.3 is 0 Å². The lowest BCUT2D eigenvalue weighted by molar-refractivity contribution is 0.596. The fourth-order valence-corrected chi connectivity index (χ4v) is 4.11. The number of pyridine rings is 1. The van der Waals surface area contributed by atoms with Crippen molar-refractivity contribution in [1.82, 2.24) is 15.0 Å². The van der Waals surface area contributed by atoms with Crippen molar-refractivity contribution in [3.05, 3.63) is 42.2 Å². The van der Waals surface area contributed by atoms with Crippen LogP contribution in [0.15, 0.2) is 36.7 Å². The molecule has 0 atom stereocenters. The van der Waals surface area contributed by atoms with E-state index in [1.54, 1.807) is 0 Å². The van der Waals surface area contributed by atoms with E-state index in [-0.39, 0.29) is 0 Å². The first-order chi connectivity index (χ1) is 13.1. The predicted octanol–water partition coefficient (Wildman–Crippen LogP) is 4.78. The zero-order valence-corrected chi connectivity index (χ0v) is 16.2. The highest BCUT2D eigenvalue weighted by Gasteiger charge is 2.21. The average Bonchev–Trinajstić information content (AvgIpc) is 2.97. The first-order valence-electron chi connectivity index (χ1n) is 9.82. The lowest BCUT2D eigenvalue weighted by atomic mass is 9.89. The molecule has 3 aromatic rings. The van der Waals surface area contributed by atoms with Gasteiger partial charge in [0.05, 0.1) is 11.1 Å². The van der Waals surface area contributed by atoms with Crippen molar-refractivity contribution in [2.24, 2.45) is 0 Å². The van der Waals surface area contributed by atoms with Crippen LogP contribution in [0.3, 0.4) is 0 Å². The van der Waals surface area contributed by atoms with Gasteiger partial charge in [0.2, 0.25) is 0 Å². The van der Waals surface area contributed by atoms with Crippen LogP contribution in [0.5, 0.6) is 0 Å². The number of nitrogens with two attached hydrogens (primary N) is 1. The van der Waals surface area contributed by atoms with E-state index in [1.807, 2.05) is 14.1 Å². The van der Waals surface area contributed by atoms with Crippen molar-refractivity contribution in [3.63, 3.8) is 0 Å². The lowest BCUT2D eigenvalue weighted by Gasteiger charge is -2.19. The Bertz CT molecular complexity index is 925. The Morgan fingerprint density at radius 2 is 1.67 bits per heavy atom. The summed E-state index contributed by atoms with van der Waals surface area (Å²) in [4.78, 5) is 15.6. The standard InChI is InChI=1S/C22H27N5/c1-27(2)17-11-9-16(10-12-17)19-13-18(15-7-5-3-4-6-8-15)20-21(23)24-14-25-22(20)26-19/h9-15H,3-8H2,1-2H3,(H2,23,24,25,26). The Hall–Kier alpha value is -2.69. The molecule has 4 rings (SSSR count). The summed E-state index contributed by atoms with van der Waals surface area (Å²) in [6.45, 7) is 0. The number of fused-ring (bicyclic) bond motifs is 1. The molecule has 1 saturated carbocycles. The summed E-state index contributed by atoms with van der Waals surface area (Å²) in [5.41, 5.74) is 11.5. The molecule has 1 aliphatic rings. The van der Waals surface area contributed by atoms with Crippen LogP contribution in [0.4, 0.5) is 11.5 Å². The smallest absolute Gasteiger partial charge is 0.165 e. The molecule has 5 heteroatoms. The molecule has 0 radical (unpaired) electrons. The topological polar surface area (TPSA) is 67.9 Å². The Balaban J connectivity index is 1.84. The summed E-state index contributed by atoms with van der Waals surface area (Å²) in [6, 6.07) is 10.7. The van der Waals surface area contributed by atoms with Gasteiger partial charge in [-0.1, -0.05) is 37.8 Å². The largest absolute Gasteiger partial charge is 0.383 e. The van der Waals surface area contributed by atoms with Crippen LogP contribution in [-0.4, -0.2) is 29.0 Å². The predicted molar refractivity (Wildman–Crippen MR) is 112 cm³/mol. The molecule has 5 nitrogen and oxygen atoms in total. The van der Waals surface area contributed by atoms with Gasteiger partial charge in [-0.2, -0.15) is 0 Å². The Labute approximate surface area is 160 Å². The number of hydrogen-bond donors (Lipinski definition) is 1. The summed E-state index contributed by atoms with van der Waals surface area (Å²) in [7, 11) is 4.10. The Kier molecular flexibility index (Phi) is 4.92. The number of nitrogens with zero attached hydrogens (tertiary/aromatic N) is 4. The summed E-state index contributed by atoms with van der Waals surface area (Å²) < 4.78 is 0. The van der Waals surface area contributed by atoms with Crippen molar-refractivity contribution in [2.45, 2.75) is 44.4 Å². The minimum atomic E-state index is 0.506. The maximum absolute atomic E-state index is 6.25. The normalized spacial score (nSPS) is 15.6. The van der Waals surface area contributed by atoms with Crippen LogP contribution < -0.4 is 10.6 Å². The third-order valence-electron chi connectivity index (χ3n) is 5.64. The van der Waals surface area contributed by atoms with Gasteiger partial charge < -0.3 is 10.6 Å². The van der Waals surface area contributed by atoms with E-state index < -0.39 is 0 Å². The molecule has 0 spiro atoms. The lowest BCUT2D eigenvalue weighted by Crippen LogP contribution is -2.08. The molecule has 140 valence electrons. The molecular formula is C22H27N5. The van der Waals surface area contributed by atoms with Crippen LogP contribution in [-0.2, 0) is 0 Å². The molecule has 1 fully saturated rings. The van der Waals surface area contributed by atoms with E-state index in [0.717, 1.165) is 16.6 Å². The third kappa shape index (κ3) is 3.59. The van der Waals surface area contributed by atoms with Crippen molar-refractivity contribution in [2.75, 3.05) is 24.7 Å². The second kappa shape index (κ2) is 7.51. The molecule has 1 aromatic carbocycles. The van der Waals surface area contributed by atoms with Crippen LogP contribution in [0, 0.1) is 0 Å². The van der Waals surface area contributed by atoms with E-state index in [1.165, 1.54) is 56.1 Å². The fourth-order valence-electron chi connectivity index (χ4n) is 4.11. The molecule has 27 heavy (non-hydrogen) atoms. The van der Waals surface area contributed by atoms with E-state index in [4.69, 9.17) is 10.7 Å². The zero-order chi connectivity index (χ0) is 18.8. The zero-order valence-electron chi connectivity index (χ0n) is 16.2. The monoisotopic (exact) mass is 361 g/mol. The van der Waals surface area contributed by atoms with E-state index in [9.17, 15) is 0 Å². The van der Waals surface area contributed by atoms with Crippen molar-refractivity contribution in [3.8, 4) is 11.3 Å². The van der Waals surface area contributed by atoms with Gasteiger partial charge in [-0.05, 0) is 42.5 Å². The second-order valence-corrected chi connectivity index (χ2v) is 7.68. The number of anilines is 2. The summed E-state index contributed by atoms with van der Waals surface area (Å²) >= 11 is 0. The Morgan fingerprint density at radius 1 is 0.963 bits per heavy atom. The first-order valence-corrected chi connectivity index (χ1v) is 9.82. The highest BCUT2D eigenvalue weighted by Crippen LogP contribution is 2.38. The van der Waals surface area contributed by atoms with Crippen LogP contribution in [0.2, 0.25) is 0 Å². The number of rotatable bonds is 3. The van der Waals surface area contributed by atoms with Crippen LogP contribution in [0.25, 0.3) is 22.3 Å². The van der Waals surface area contributed by atoms with Gasteiger partial charge in [0, 0.05) is 25.3 Å². The highest BCUT2D eigenvalue weighted by molar-refractivity contribution is 5.91. The van der Waals surface area contributed by atoms with E-state index in [2.05, 4.69) is 45.2 Å². The number of aromatic nitrogens is 3. The molecule has 2 heterocycles. The second-order valence-electron chi connectivity index (χ2n) is 7.68. The third-order valence-corrected chi connectivity index (χ3v) is 5.64. The average molecular weight is 361 g/mol. The van der Waals surface area contributed by atoms with Crippen LogP contribution in [0.1, 0.15) is 50.0 Å². The molecule has 2 N–H and O–H groups in total. The van der Waals surface area contributed by atoms with Crippen molar-refractivity contribution >= 4 is 22.5 Å². The molecule has 0 amide bonds. The maximum Gasteiger partial charge on any atom is 0.165 e. The van der Waals surface area contributed by atoms with Gasteiger partial charge in [-0.3, -0.25) is 0 Å². The fraction of sp³-hybridized carbons (Fsp3) is 0.409. The quantitative estimate of drug-likeness (QED) is 0.680. The minimum Gasteiger partial charge on any atom is -0.383 e. The van der Waals surface area contributed by atoms with Gasteiger partial charge in [0.25, 0.3) is 0 Å². The summed E-state index contributed by atoms with van der Waals surface area (Å²) in [5, 5.41) is 0.943. The molecular weight excluding hydrogens is 334 g/mol. The maximum atomic E-state index is 6.25.